The van der Waals surface area contributed by atoms with Gasteiger partial charge in [0.2, 0.25) is 5.69 Å². The number of benzene rings is 5. The summed E-state index contributed by atoms with van der Waals surface area (Å²) in [5, 5.41) is 48.9. The Labute approximate surface area is 462 Å². The van der Waals surface area contributed by atoms with Gasteiger partial charge in [-0.2, -0.15) is 29.8 Å². The molecule has 0 saturated carbocycles. The van der Waals surface area contributed by atoms with Crippen LogP contribution in [0.25, 0.3) is 27.1 Å². The number of hydrogen-bond donors (Lipinski definition) is 7. The Morgan fingerprint density at radius 3 is 2.12 bits per heavy atom. The Kier molecular flexibility index (Phi) is 19.8. The van der Waals surface area contributed by atoms with Crippen LogP contribution in [-0.2, 0) is 80.5 Å². The lowest BCUT2D eigenvalue weighted by molar-refractivity contribution is -0.438. The second-order valence-electron chi connectivity index (χ2n) is 19.1. The number of anilines is 1. The molecule has 28 heteroatoms. The van der Waals surface area contributed by atoms with Crippen molar-refractivity contribution in [3.05, 3.63) is 125 Å². The molecule has 0 atom stereocenters. The molecule has 0 unspecified atom stereocenters. The summed E-state index contributed by atoms with van der Waals surface area (Å²) in [5.41, 5.74) is 4.15. The predicted octanol–water partition coefficient (Wildman–Crippen LogP) is 10.6. The van der Waals surface area contributed by atoms with Crippen LogP contribution in [0.1, 0.15) is 82.1 Å². The zero-order valence-electron chi connectivity index (χ0n) is 42.1. The molecule has 420 valence electrons. The third kappa shape index (κ3) is 14.0. The molecule has 0 aromatic heterocycles. The van der Waals surface area contributed by atoms with Crippen LogP contribution in [0.4, 0.5) is 11.4 Å². The Morgan fingerprint density at radius 2 is 1.44 bits per heavy atom. The smallest absolute Gasteiger partial charge is 0.303 e. The molecular weight excluding hydrogens is 1140 g/mol. The maximum absolute atomic E-state index is 12.9. The van der Waals surface area contributed by atoms with Gasteiger partial charge in [0.15, 0.2) is 5.71 Å². The summed E-state index contributed by atoms with van der Waals surface area (Å²) >= 11 is 1.88. The second-order valence-corrected chi connectivity index (χ2v) is 25.7. The van der Waals surface area contributed by atoms with Crippen molar-refractivity contribution in [2.75, 3.05) is 29.5 Å². The quantitative estimate of drug-likeness (QED) is 0.00489. The van der Waals surface area contributed by atoms with E-state index in [0.29, 0.717) is 112 Å². The lowest BCUT2D eigenvalue weighted by Gasteiger charge is -2.27. The molecule has 0 saturated heterocycles. The van der Waals surface area contributed by atoms with Gasteiger partial charge in [-0.1, -0.05) is 65.4 Å². The summed E-state index contributed by atoms with van der Waals surface area (Å²) in [6, 6.07) is 19.7. The van der Waals surface area contributed by atoms with E-state index in [0.717, 1.165) is 34.9 Å². The molecular formula is C50H55N2O20S6+. The van der Waals surface area contributed by atoms with Gasteiger partial charge in [-0.15, -0.1) is 13.0 Å². The molecule has 2 aliphatic rings. The van der Waals surface area contributed by atoms with E-state index in [2.05, 4.69) is 23.8 Å². The van der Waals surface area contributed by atoms with Gasteiger partial charge in [0, 0.05) is 86.9 Å². The zero-order valence-corrected chi connectivity index (χ0v) is 47.0. The number of carboxylic acid groups (broad SMARTS) is 1. The highest BCUT2D eigenvalue weighted by atomic mass is 32.2. The third-order valence-corrected chi connectivity index (χ3v) is 17.7. The van der Waals surface area contributed by atoms with Crippen molar-refractivity contribution in [2.45, 2.75) is 96.6 Å². The van der Waals surface area contributed by atoms with Gasteiger partial charge in [0.25, 0.3) is 30.4 Å². The van der Waals surface area contributed by atoms with Crippen molar-refractivity contribution >= 4 is 117 Å². The molecule has 2 heterocycles. The van der Waals surface area contributed by atoms with E-state index in [9.17, 15) is 48.8 Å². The number of nitrogens with zero attached hydrogens (tertiary/aromatic N) is 2. The Hall–Kier alpha value is -4.80. The highest BCUT2D eigenvalue weighted by Crippen LogP contribution is 2.53. The maximum atomic E-state index is 12.9. The molecule has 78 heavy (non-hydrogen) atoms. The number of unbranched alkanes of at least 4 members (excludes halogenated alkanes) is 1. The number of allylic oxidation sites excluding steroid dienone is 6. The van der Waals surface area contributed by atoms with Gasteiger partial charge in [0.05, 0.1) is 40.1 Å². The van der Waals surface area contributed by atoms with Crippen LogP contribution < -0.4 is 4.90 Å². The van der Waals surface area contributed by atoms with Crippen LogP contribution >= 0.6 is 36.1 Å². The fourth-order valence-electron chi connectivity index (χ4n) is 10.2. The predicted molar refractivity (Wildman–Crippen MR) is 292 cm³/mol. The SMILES string of the molecule is CC1(C)C(/C=C/C(=C/C=C2/N(CCCS(=O)(=O)O)c3ccc4c(S(=O)(=O)O)cc(SOOO)cc4c3C2(C)C)c2cccc(CCCCC(=O)O)c2)=[N+](CCCSOOO)c2ccc3c(SOOO)cc(S(=O)(=O)O)cc3c21. The summed E-state index contributed by atoms with van der Waals surface area (Å²) in [7, 11) is -14.0. The number of fused-ring (bicyclic) bond motifs is 6. The first-order valence-corrected chi connectivity index (χ1v) is 30.6. The highest BCUT2D eigenvalue weighted by Gasteiger charge is 2.46. The van der Waals surface area contributed by atoms with Gasteiger partial charge in [0.1, 0.15) is 11.4 Å². The first-order valence-electron chi connectivity index (χ1n) is 23.7. The number of carboxylic acids is 1. The van der Waals surface area contributed by atoms with Gasteiger partial charge in [-0.05, 0) is 127 Å². The first kappa shape index (κ1) is 60.8. The number of hydrogen-bond acceptors (Lipinski definition) is 20. The van der Waals surface area contributed by atoms with Crippen molar-refractivity contribution in [1.29, 1.82) is 0 Å². The molecule has 7 N–H and O–H groups in total. The maximum Gasteiger partial charge on any atom is 0.303 e. The lowest BCUT2D eigenvalue weighted by Crippen LogP contribution is -2.28. The molecule has 0 radical (unpaired) electrons. The van der Waals surface area contributed by atoms with Crippen molar-refractivity contribution in [3.63, 3.8) is 0 Å². The molecule has 0 aliphatic carbocycles. The second kappa shape index (κ2) is 25.3. The zero-order chi connectivity index (χ0) is 56.8. The number of aliphatic carboxylic acids is 1. The van der Waals surface area contributed by atoms with Gasteiger partial charge < -0.3 is 10.0 Å². The third-order valence-electron chi connectivity index (χ3n) is 13.4. The summed E-state index contributed by atoms with van der Waals surface area (Å²) < 4.78 is 122. The minimum atomic E-state index is -4.85. The number of aryl methyl sites for hydroxylation is 1. The van der Waals surface area contributed by atoms with Crippen molar-refractivity contribution in [1.82, 2.24) is 0 Å². The van der Waals surface area contributed by atoms with E-state index < -0.39 is 62.7 Å². The van der Waals surface area contributed by atoms with E-state index in [1.807, 2.05) is 91.8 Å². The molecule has 7 rings (SSSR count). The van der Waals surface area contributed by atoms with E-state index in [1.54, 1.807) is 18.2 Å². The van der Waals surface area contributed by atoms with Crippen molar-refractivity contribution < 1.29 is 97.3 Å². The topological polar surface area (TPSA) is 323 Å². The van der Waals surface area contributed by atoms with Crippen LogP contribution in [-0.4, -0.2) is 101 Å². The van der Waals surface area contributed by atoms with Crippen LogP contribution in [0.2, 0.25) is 0 Å². The molecule has 0 bridgehead atoms. The summed E-state index contributed by atoms with van der Waals surface area (Å²) in [6.45, 7) is 8.07. The summed E-state index contributed by atoms with van der Waals surface area (Å²) in [6.07, 6.45) is 9.55. The molecule has 0 spiro atoms. The molecule has 5 aromatic carbocycles. The lowest BCUT2D eigenvalue weighted by atomic mass is 9.78. The Bertz CT molecular complexity index is 3580. The normalized spacial score (nSPS) is 16.1. The fraction of sp³-hybridized carbons (Fsp3) is 0.320. The molecule has 2 aliphatic heterocycles. The molecule has 22 nitrogen and oxygen atoms in total. The van der Waals surface area contributed by atoms with Gasteiger partial charge >= 0.3 is 5.97 Å². The van der Waals surface area contributed by atoms with Crippen LogP contribution in [0, 0.1) is 0 Å². The summed E-state index contributed by atoms with van der Waals surface area (Å²) in [4.78, 5) is 12.6. The van der Waals surface area contributed by atoms with Gasteiger partial charge in [-0.25, -0.2) is 15.8 Å². The number of carbonyl (C=O) groups is 1. The average molecular weight is 1200 g/mol. The minimum absolute atomic E-state index is 0.00308. The van der Waals surface area contributed by atoms with Crippen LogP contribution in [0.3, 0.4) is 0 Å². The van der Waals surface area contributed by atoms with Crippen LogP contribution in [0.15, 0.2) is 122 Å². The fourth-order valence-corrected chi connectivity index (χ4v) is 13.4. The largest absolute Gasteiger partial charge is 0.481 e. The minimum Gasteiger partial charge on any atom is -0.481 e. The van der Waals surface area contributed by atoms with E-state index in [-0.39, 0.29) is 34.6 Å². The Balaban J connectivity index is 1.45. The summed E-state index contributed by atoms with van der Waals surface area (Å²) in [5.74, 6) is -1.13. The monoisotopic (exact) mass is 1200 g/mol. The molecule has 5 aromatic rings. The van der Waals surface area contributed by atoms with E-state index in [1.165, 1.54) is 18.2 Å². The van der Waals surface area contributed by atoms with E-state index >= 15 is 0 Å². The number of rotatable bonds is 27. The molecule has 0 fully saturated rings. The Morgan fingerprint density at radius 1 is 0.731 bits per heavy atom. The highest BCUT2D eigenvalue weighted by molar-refractivity contribution is 7.95. The van der Waals surface area contributed by atoms with E-state index in [4.69, 9.17) is 20.1 Å². The first-order chi connectivity index (χ1) is 36.8. The molecule has 0 amide bonds. The average Bonchev–Trinajstić information content (AvgIpc) is 3.55. The van der Waals surface area contributed by atoms with Crippen molar-refractivity contribution in [3.8, 4) is 0 Å². The van der Waals surface area contributed by atoms with Crippen LogP contribution in [0.5, 0.6) is 0 Å². The van der Waals surface area contributed by atoms with Gasteiger partial charge in [-0.3, -0.25) is 18.5 Å². The standard InChI is InChI=1S/C50H54N2O20S6/c1-49(2)45(52(23-9-25-76(58,59)60)41-19-17-37-38(47(41)49)27-34(74-71-68-56)28-43(37)78(64,65)66)21-15-32(33-12-7-11-31(26-33)10-5-6-13-46(53)54)14-20-44-50(3,4)48-39-29-35(77(61,62)63)30-42(75-72-69-57)36(39)16-18-40(48)51(44)22-8-24-73-70-67-55/h7,11-12,14-21,26-30H,5-6,8-10,13,22-25H2,1-4H3,(H6-,53,54,55,56,57,58,59,60,61,62,63,64,65,66)/p+1. The van der Waals surface area contributed by atoms with Crippen molar-refractivity contribution in [2.24, 2.45) is 0 Å².